The Hall–Kier alpha value is -2.72. The first-order valence-electron chi connectivity index (χ1n) is 9.74. The number of aliphatic imine (C=N–C) groups is 2. The molecule has 36 heavy (non-hydrogen) atoms. The molecule has 13 heteroatoms. The molecule has 2 N–H and O–H groups in total. The Morgan fingerprint density at radius 3 is 1.89 bits per heavy atom. The minimum atomic E-state index is -4.40. The van der Waals surface area contributed by atoms with Gasteiger partial charge in [0.25, 0.3) is 0 Å². The highest BCUT2D eigenvalue weighted by atomic mass is 35.5. The van der Waals surface area contributed by atoms with Crippen molar-refractivity contribution in [1.29, 1.82) is 0 Å². The number of halogens is 8. The molecular formula is C23H14Cl4F4N2O3. The van der Waals surface area contributed by atoms with Gasteiger partial charge in [0, 0.05) is 33.6 Å². The Labute approximate surface area is 222 Å². The average molecular weight is 584 g/mol. The van der Waals surface area contributed by atoms with Gasteiger partial charge in [0.15, 0.2) is 6.61 Å². The summed E-state index contributed by atoms with van der Waals surface area (Å²) in [5.74, 6) is -5.30. The maximum Gasteiger partial charge on any atom is 0.340 e. The van der Waals surface area contributed by atoms with Crippen molar-refractivity contribution in [2.75, 3.05) is 6.61 Å². The highest BCUT2D eigenvalue weighted by Gasteiger charge is 2.41. The second kappa shape index (κ2) is 11.6. The molecule has 0 aromatic heterocycles. The lowest BCUT2D eigenvalue weighted by Gasteiger charge is -2.17. The summed E-state index contributed by atoms with van der Waals surface area (Å²) in [6.07, 6.45) is -1.57. The minimum absolute atomic E-state index is 0.00191. The molecule has 0 spiro atoms. The van der Waals surface area contributed by atoms with E-state index in [1.54, 1.807) is 0 Å². The number of hydrogen-bond donors (Lipinski definition) is 2. The molecule has 3 aromatic rings. The number of phenolic OH excluding ortho intramolecular Hbond substituents is 2. The normalized spacial score (nSPS) is 12.2. The van der Waals surface area contributed by atoms with Gasteiger partial charge in [-0.3, -0.25) is 9.98 Å². The van der Waals surface area contributed by atoms with Gasteiger partial charge in [0.05, 0.1) is 15.7 Å². The molecule has 0 fully saturated rings. The number of benzene rings is 3. The maximum atomic E-state index is 13.4. The van der Waals surface area contributed by atoms with Gasteiger partial charge in [-0.2, -0.15) is 8.78 Å². The van der Waals surface area contributed by atoms with Crippen molar-refractivity contribution in [2.24, 2.45) is 9.98 Å². The van der Waals surface area contributed by atoms with E-state index in [1.807, 2.05) is 0 Å². The molecule has 190 valence electrons. The van der Waals surface area contributed by atoms with Gasteiger partial charge in [0.2, 0.25) is 0 Å². The van der Waals surface area contributed by atoms with Crippen LogP contribution in [0, 0.1) is 0 Å². The minimum Gasteiger partial charge on any atom is -0.506 e. The second-order valence-electron chi connectivity index (χ2n) is 7.17. The Bertz CT molecular complexity index is 1340. The Morgan fingerprint density at radius 1 is 0.833 bits per heavy atom. The van der Waals surface area contributed by atoms with E-state index in [-0.39, 0.29) is 59.8 Å². The van der Waals surface area contributed by atoms with Crippen LogP contribution in [-0.2, 0) is 0 Å². The van der Waals surface area contributed by atoms with Gasteiger partial charge in [-0.1, -0.05) is 46.4 Å². The first-order chi connectivity index (χ1) is 16.9. The molecule has 0 bridgehead atoms. The Morgan fingerprint density at radius 2 is 1.36 bits per heavy atom. The zero-order valence-electron chi connectivity index (χ0n) is 17.7. The summed E-state index contributed by atoms with van der Waals surface area (Å²) in [6, 6.07) is 9.19. The monoisotopic (exact) mass is 582 g/mol. The molecule has 0 amide bonds. The van der Waals surface area contributed by atoms with E-state index < -0.39 is 19.0 Å². The Balaban J connectivity index is 2.00. The zero-order chi connectivity index (χ0) is 26.6. The van der Waals surface area contributed by atoms with Gasteiger partial charge in [-0.25, -0.2) is 8.78 Å². The van der Waals surface area contributed by atoms with Gasteiger partial charge < -0.3 is 14.9 Å². The van der Waals surface area contributed by atoms with Crippen molar-refractivity contribution < 1.29 is 32.5 Å². The van der Waals surface area contributed by atoms with Crippen LogP contribution in [0.4, 0.5) is 28.9 Å². The molecule has 3 rings (SSSR count). The fraction of sp³-hybridized carbons (Fsp3) is 0.130. The lowest BCUT2D eigenvalue weighted by molar-refractivity contribution is -0.148. The van der Waals surface area contributed by atoms with E-state index in [0.29, 0.717) is 0 Å². The summed E-state index contributed by atoms with van der Waals surface area (Å²) in [7, 11) is 0. The third kappa shape index (κ3) is 6.94. The van der Waals surface area contributed by atoms with E-state index in [1.165, 1.54) is 48.7 Å². The van der Waals surface area contributed by atoms with Gasteiger partial charge >= 0.3 is 12.3 Å². The van der Waals surface area contributed by atoms with Crippen molar-refractivity contribution in [3.63, 3.8) is 0 Å². The highest BCUT2D eigenvalue weighted by Crippen LogP contribution is 2.36. The lowest BCUT2D eigenvalue weighted by atomic mass is 10.2. The number of nitrogens with zero attached hydrogens (tertiary/aromatic N) is 2. The maximum absolute atomic E-state index is 13.4. The molecule has 0 radical (unpaired) electrons. The highest BCUT2D eigenvalue weighted by molar-refractivity contribution is 6.36. The number of phenols is 2. The largest absolute Gasteiger partial charge is 0.506 e. The molecule has 0 atom stereocenters. The molecule has 3 aromatic carbocycles. The van der Waals surface area contributed by atoms with E-state index >= 15 is 0 Å². The first kappa shape index (κ1) is 27.9. The van der Waals surface area contributed by atoms with Crippen LogP contribution >= 0.6 is 46.4 Å². The smallest absolute Gasteiger partial charge is 0.340 e. The predicted molar refractivity (Wildman–Crippen MR) is 134 cm³/mol. The van der Waals surface area contributed by atoms with Crippen LogP contribution < -0.4 is 4.74 Å². The fourth-order valence-corrected chi connectivity index (χ4v) is 3.72. The topological polar surface area (TPSA) is 74.4 Å². The van der Waals surface area contributed by atoms with Crippen molar-refractivity contribution in [3.8, 4) is 17.2 Å². The molecule has 0 saturated heterocycles. The fourth-order valence-electron chi connectivity index (χ4n) is 2.70. The molecule has 0 heterocycles. The quantitative estimate of drug-likeness (QED) is 0.206. The van der Waals surface area contributed by atoms with E-state index in [0.717, 1.165) is 6.21 Å². The van der Waals surface area contributed by atoms with Crippen LogP contribution in [0.25, 0.3) is 0 Å². The van der Waals surface area contributed by atoms with Crippen LogP contribution in [0.3, 0.4) is 0 Å². The van der Waals surface area contributed by atoms with E-state index in [2.05, 4.69) is 9.98 Å². The average Bonchev–Trinajstić information content (AvgIpc) is 2.80. The molecular weight excluding hydrogens is 570 g/mol. The van der Waals surface area contributed by atoms with Crippen LogP contribution in [0.1, 0.15) is 11.1 Å². The molecule has 0 aliphatic carbocycles. The van der Waals surface area contributed by atoms with Crippen molar-refractivity contribution in [1.82, 2.24) is 0 Å². The third-order valence-corrected chi connectivity index (χ3v) is 5.51. The third-order valence-electron chi connectivity index (χ3n) is 4.49. The summed E-state index contributed by atoms with van der Waals surface area (Å²) in [5, 5.41) is 20.5. The van der Waals surface area contributed by atoms with Crippen molar-refractivity contribution in [2.45, 2.75) is 12.3 Å². The number of rotatable bonds is 8. The van der Waals surface area contributed by atoms with Crippen LogP contribution in [-0.4, -0.2) is 41.6 Å². The number of aromatic hydroxyl groups is 2. The Kier molecular flexibility index (Phi) is 8.94. The summed E-state index contributed by atoms with van der Waals surface area (Å²) in [5.41, 5.74) is 0.384. The summed E-state index contributed by atoms with van der Waals surface area (Å²) < 4.78 is 56.8. The lowest BCUT2D eigenvalue weighted by Crippen LogP contribution is -2.33. The standard InChI is InChI=1S/C23H14Cl4F4N2O3/c24-13-3-11(20(34)16(26)5-13)8-32-15-1-2-19(36-10-23(30,31)22(28)29)18(7-15)33-9-12-4-14(25)6-17(27)21(12)35/h1-9,22,34-35H,10H2. The molecule has 5 nitrogen and oxygen atoms in total. The summed E-state index contributed by atoms with van der Waals surface area (Å²) in [4.78, 5) is 8.27. The zero-order valence-corrected chi connectivity index (χ0v) is 20.7. The molecule has 0 saturated carbocycles. The molecule has 0 unspecified atom stereocenters. The van der Waals surface area contributed by atoms with Gasteiger partial charge in [-0.05, 0) is 42.5 Å². The number of hydrogen-bond acceptors (Lipinski definition) is 5. The first-order valence-corrected chi connectivity index (χ1v) is 11.3. The second-order valence-corrected chi connectivity index (χ2v) is 8.86. The van der Waals surface area contributed by atoms with E-state index in [9.17, 15) is 27.8 Å². The molecule has 0 aliphatic heterocycles. The van der Waals surface area contributed by atoms with Crippen molar-refractivity contribution >= 4 is 70.2 Å². The predicted octanol–water partition coefficient (Wildman–Crippen LogP) is 8.49. The van der Waals surface area contributed by atoms with Crippen LogP contribution in [0.2, 0.25) is 20.1 Å². The van der Waals surface area contributed by atoms with Gasteiger partial charge in [-0.15, -0.1) is 0 Å². The van der Waals surface area contributed by atoms with Crippen molar-refractivity contribution in [3.05, 3.63) is 73.7 Å². The summed E-state index contributed by atoms with van der Waals surface area (Å²) in [6.45, 7) is -1.61. The SMILES string of the molecule is Oc1c(Cl)cc(Cl)cc1C=Nc1ccc(OCC(F)(F)C(F)F)c(N=Cc2cc(Cl)cc(Cl)c2O)c1. The molecule has 0 aliphatic rings. The summed E-state index contributed by atoms with van der Waals surface area (Å²) >= 11 is 23.6. The van der Waals surface area contributed by atoms with E-state index in [4.69, 9.17) is 51.1 Å². The van der Waals surface area contributed by atoms with Gasteiger partial charge in [0.1, 0.15) is 22.9 Å². The number of alkyl halides is 4. The van der Waals surface area contributed by atoms with Crippen LogP contribution in [0.5, 0.6) is 17.2 Å². The number of ether oxygens (including phenoxy) is 1. The van der Waals surface area contributed by atoms with Crippen LogP contribution in [0.15, 0.2) is 52.4 Å².